The first-order chi connectivity index (χ1) is 15.2. The lowest BCUT2D eigenvalue weighted by molar-refractivity contribution is -0.134. The Hall–Kier alpha value is -3.33. The summed E-state index contributed by atoms with van der Waals surface area (Å²) >= 11 is 0. The summed E-state index contributed by atoms with van der Waals surface area (Å²) in [6, 6.07) is 7.73. The number of carbonyl (C=O) groups excluding carboxylic acids is 2. The summed E-state index contributed by atoms with van der Waals surface area (Å²) in [4.78, 5) is 42.4. The summed E-state index contributed by atoms with van der Waals surface area (Å²) in [7, 11) is 0. The Bertz CT molecular complexity index is 1090. The van der Waals surface area contributed by atoms with Gasteiger partial charge in [-0.1, -0.05) is 12.1 Å². The van der Waals surface area contributed by atoms with Crippen LogP contribution in [0.15, 0.2) is 49.2 Å². The summed E-state index contributed by atoms with van der Waals surface area (Å²) in [5.41, 5.74) is 2.27. The third-order valence-corrected chi connectivity index (χ3v) is 5.95. The van der Waals surface area contributed by atoms with Gasteiger partial charge in [0.25, 0.3) is 5.91 Å². The Labute approximate surface area is 179 Å². The number of amides is 2. The minimum absolute atomic E-state index is 0.0751. The molecular formula is C22H24N6O3. The molecular weight excluding hydrogens is 396 g/mol. The number of benzene rings is 1. The van der Waals surface area contributed by atoms with Crippen LogP contribution in [0, 0.1) is 5.92 Å². The number of fused-ring (bicyclic) bond motifs is 4. The van der Waals surface area contributed by atoms with Gasteiger partial charge in [0.05, 0.1) is 42.8 Å². The van der Waals surface area contributed by atoms with Crippen molar-refractivity contribution in [3.05, 3.63) is 54.9 Å². The molecule has 9 heteroatoms. The van der Waals surface area contributed by atoms with Crippen LogP contribution in [0.4, 0.5) is 0 Å². The number of carbonyl (C=O) groups is 2. The maximum atomic E-state index is 13.2. The molecule has 0 spiro atoms. The maximum absolute atomic E-state index is 13.2. The van der Waals surface area contributed by atoms with E-state index in [4.69, 9.17) is 4.74 Å². The lowest BCUT2D eigenvalue weighted by Crippen LogP contribution is -2.48. The largest absolute Gasteiger partial charge is 0.379 e. The van der Waals surface area contributed by atoms with Crippen molar-refractivity contribution in [3.63, 3.8) is 0 Å². The molecule has 2 aromatic heterocycles. The van der Waals surface area contributed by atoms with Crippen LogP contribution < -0.4 is 0 Å². The number of nitrogens with zero attached hydrogens (tertiary/aromatic N) is 6. The van der Waals surface area contributed by atoms with Gasteiger partial charge in [0, 0.05) is 50.9 Å². The van der Waals surface area contributed by atoms with E-state index in [2.05, 4.69) is 15.0 Å². The molecule has 0 N–H and O–H groups in total. The summed E-state index contributed by atoms with van der Waals surface area (Å²) in [5, 5.41) is 0. The van der Waals surface area contributed by atoms with Crippen molar-refractivity contribution in [1.82, 2.24) is 29.3 Å². The van der Waals surface area contributed by atoms with Crippen LogP contribution >= 0.6 is 0 Å². The zero-order valence-corrected chi connectivity index (χ0v) is 17.1. The van der Waals surface area contributed by atoms with Gasteiger partial charge in [-0.2, -0.15) is 0 Å². The van der Waals surface area contributed by atoms with E-state index in [9.17, 15) is 9.59 Å². The fourth-order valence-electron chi connectivity index (χ4n) is 4.43. The predicted octanol–water partition coefficient (Wildman–Crippen LogP) is 1.22. The first kappa shape index (κ1) is 19.6. The molecule has 160 valence electrons. The summed E-state index contributed by atoms with van der Waals surface area (Å²) in [6.45, 7) is 3.11. The molecule has 31 heavy (non-hydrogen) atoms. The number of aryl methyl sites for hydroxylation is 1. The molecule has 0 unspecified atom stereocenters. The first-order valence-electron chi connectivity index (χ1n) is 10.5. The molecule has 1 aromatic carbocycles. The zero-order chi connectivity index (χ0) is 21.2. The van der Waals surface area contributed by atoms with Crippen LogP contribution in [0.5, 0.6) is 0 Å². The van der Waals surface area contributed by atoms with Crippen LogP contribution in [0.3, 0.4) is 0 Å². The summed E-state index contributed by atoms with van der Waals surface area (Å²) in [5.74, 6) is 0.00223. The van der Waals surface area contributed by atoms with Crippen molar-refractivity contribution in [2.24, 2.45) is 5.92 Å². The molecule has 5 rings (SSSR count). The van der Waals surface area contributed by atoms with E-state index in [-0.39, 0.29) is 23.8 Å². The van der Waals surface area contributed by atoms with Crippen LogP contribution in [-0.4, -0.2) is 80.0 Å². The fourth-order valence-corrected chi connectivity index (χ4v) is 4.43. The second kappa shape index (κ2) is 8.43. The van der Waals surface area contributed by atoms with Gasteiger partial charge in [-0.25, -0.2) is 9.97 Å². The molecule has 2 saturated heterocycles. The molecule has 4 heterocycles. The molecule has 9 nitrogen and oxygen atoms in total. The topological polar surface area (TPSA) is 93.5 Å². The second-order valence-electron chi connectivity index (χ2n) is 8.08. The molecule has 2 fully saturated rings. The molecule has 2 amide bonds. The summed E-state index contributed by atoms with van der Waals surface area (Å²) < 4.78 is 7.82. The quantitative estimate of drug-likeness (QED) is 0.630. The van der Waals surface area contributed by atoms with E-state index >= 15 is 0 Å². The minimum atomic E-state index is -0.167. The van der Waals surface area contributed by atoms with Crippen LogP contribution in [-0.2, 0) is 16.1 Å². The van der Waals surface area contributed by atoms with Gasteiger partial charge in [-0.15, -0.1) is 0 Å². The highest BCUT2D eigenvalue weighted by molar-refractivity contribution is 5.92. The van der Waals surface area contributed by atoms with Crippen molar-refractivity contribution in [3.8, 4) is 0 Å². The molecule has 2 bridgehead atoms. The van der Waals surface area contributed by atoms with Crippen LogP contribution in [0.25, 0.3) is 11.0 Å². The Balaban J connectivity index is 1.29. The SMILES string of the molecule is O=C(c1cnccn1)N1C[C@@H]2COC[C@H](C1)N(C(=O)CCn1cnc3ccccc31)C2. The molecule has 0 radical (unpaired) electrons. The third kappa shape index (κ3) is 4.00. The molecule has 3 aromatic rings. The molecule has 0 aliphatic carbocycles. The van der Waals surface area contributed by atoms with Gasteiger partial charge < -0.3 is 19.1 Å². The number of hydrogen-bond acceptors (Lipinski definition) is 6. The molecule has 2 aliphatic rings. The van der Waals surface area contributed by atoms with Gasteiger partial charge in [-0.05, 0) is 12.1 Å². The standard InChI is InChI=1S/C22H24N6O3/c29-21(5-8-26-15-25-18-3-1-2-4-20(18)26)28-11-16-10-27(12-17(28)14-31-13-16)22(30)19-9-23-6-7-24-19/h1-4,6-7,9,15-17H,5,8,10-14H2/t16-,17-/m0/s1. The lowest BCUT2D eigenvalue weighted by Gasteiger charge is -2.31. The lowest BCUT2D eigenvalue weighted by atomic mass is 10.1. The van der Waals surface area contributed by atoms with Gasteiger partial charge in [0.15, 0.2) is 0 Å². The molecule has 2 aliphatic heterocycles. The van der Waals surface area contributed by atoms with Crippen molar-refractivity contribution in [2.75, 3.05) is 32.8 Å². The van der Waals surface area contributed by atoms with E-state index in [1.165, 1.54) is 12.4 Å². The molecule has 0 saturated carbocycles. The fraction of sp³-hybridized carbons (Fsp3) is 0.409. The smallest absolute Gasteiger partial charge is 0.274 e. The van der Waals surface area contributed by atoms with E-state index in [0.717, 1.165) is 11.0 Å². The maximum Gasteiger partial charge on any atom is 0.274 e. The first-order valence-corrected chi connectivity index (χ1v) is 10.5. The third-order valence-electron chi connectivity index (χ3n) is 5.95. The normalized spacial score (nSPS) is 21.2. The highest BCUT2D eigenvalue weighted by atomic mass is 16.5. The second-order valence-corrected chi connectivity index (χ2v) is 8.08. The average molecular weight is 420 g/mol. The van der Waals surface area contributed by atoms with Gasteiger partial charge in [0.2, 0.25) is 5.91 Å². The van der Waals surface area contributed by atoms with Crippen LogP contribution in [0.1, 0.15) is 16.9 Å². The van der Waals surface area contributed by atoms with Crippen molar-refractivity contribution >= 4 is 22.8 Å². The number of ether oxygens (including phenoxy) is 1. The van der Waals surface area contributed by atoms with Crippen molar-refractivity contribution in [1.29, 1.82) is 0 Å². The van der Waals surface area contributed by atoms with Crippen LogP contribution in [0.2, 0.25) is 0 Å². The highest BCUT2D eigenvalue weighted by Gasteiger charge is 2.37. The number of para-hydroxylation sites is 2. The monoisotopic (exact) mass is 420 g/mol. The van der Waals surface area contributed by atoms with Crippen molar-refractivity contribution < 1.29 is 14.3 Å². The number of imidazole rings is 1. The number of rotatable bonds is 4. The Kier molecular flexibility index (Phi) is 5.33. The summed E-state index contributed by atoms with van der Waals surface area (Å²) in [6.07, 6.45) is 6.71. The zero-order valence-electron chi connectivity index (χ0n) is 17.1. The van der Waals surface area contributed by atoms with E-state index in [1.807, 2.05) is 33.7 Å². The van der Waals surface area contributed by atoms with E-state index < -0.39 is 0 Å². The van der Waals surface area contributed by atoms with Gasteiger partial charge in [-0.3, -0.25) is 14.6 Å². The minimum Gasteiger partial charge on any atom is -0.379 e. The van der Waals surface area contributed by atoms with E-state index in [1.54, 1.807) is 17.4 Å². The Morgan fingerprint density at radius 2 is 1.97 bits per heavy atom. The Morgan fingerprint density at radius 3 is 2.84 bits per heavy atom. The predicted molar refractivity (Wildman–Crippen MR) is 112 cm³/mol. The molecule has 2 atom stereocenters. The number of hydrogen-bond donors (Lipinski definition) is 0. The Morgan fingerprint density at radius 1 is 1.06 bits per heavy atom. The number of aromatic nitrogens is 4. The van der Waals surface area contributed by atoms with Crippen molar-refractivity contribution in [2.45, 2.75) is 19.0 Å². The van der Waals surface area contributed by atoms with Gasteiger partial charge >= 0.3 is 0 Å². The van der Waals surface area contributed by atoms with E-state index in [0.29, 0.717) is 51.5 Å². The highest BCUT2D eigenvalue weighted by Crippen LogP contribution is 2.22. The van der Waals surface area contributed by atoms with Gasteiger partial charge in [0.1, 0.15) is 5.69 Å². The average Bonchev–Trinajstić information content (AvgIpc) is 2.97.